The highest BCUT2D eigenvalue weighted by Gasteiger charge is 2.27. The Balaban J connectivity index is 4.02. The first kappa shape index (κ1) is 75.2. The van der Waals surface area contributed by atoms with Crippen molar-refractivity contribution in [3.05, 3.63) is 85.1 Å². The first-order valence-corrected chi connectivity index (χ1v) is 33.8. The molecule has 10 heteroatoms. The number of allylic oxidation sites excluding steroid dienone is 14. The van der Waals surface area contributed by atoms with Crippen LogP contribution in [0.15, 0.2) is 85.1 Å². The number of hydrogen-bond donors (Lipinski definition) is 1. The largest absolute Gasteiger partial charge is 0.472 e. The zero-order valence-electron chi connectivity index (χ0n) is 51.4. The van der Waals surface area contributed by atoms with Crippen molar-refractivity contribution < 1.29 is 42.1 Å². The van der Waals surface area contributed by atoms with E-state index >= 15 is 0 Å². The summed E-state index contributed by atoms with van der Waals surface area (Å²) in [5.41, 5.74) is 0. The van der Waals surface area contributed by atoms with Gasteiger partial charge in [0.25, 0.3) is 0 Å². The van der Waals surface area contributed by atoms with Crippen LogP contribution in [0.3, 0.4) is 0 Å². The van der Waals surface area contributed by atoms with E-state index in [4.69, 9.17) is 18.5 Å². The Kier molecular flexibility index (Phi) is 56.7. The van der Waals surface area contributed by atoms with E-state index < -0.39 is 26.5 Å². The molecule has 452 valence electrons. The lowest BCUT2D eigenvalue weighted by molar-refractivity contribution is -0.870. The molecule has 0 aliphatic rings. The number of nitrogens with zero attached hydrogens (tertiary/aromatic N) is 1. The molecule has 0 saturated carbocycles. The minimum Gasteiger partial charge on any atom is -0.462 e. The van der Waals surface area contributed by atoms with Crippen molar-refractivity contribution in [3.63, 3.8) is 0 Å². The molecule has 0 aliphatic carbocycles. The van der Waals surface area contributed by atoms with E-state index in [9.17, 15) is 19.0 Å². The Bertz CT molecular complexity index is 1590. The van der Waals surface area contributed by atoms with E-state index in [1.54, 1.807) is 0 Å². The minimum absolute atomic E-state index is 0.0315. The first-order valence-electron chi connectivity index (χ1n) is 32.3. The molecule has 0 aliphatic heterocycles. The molecule has 0 amide bonds. The van der Waals surface area contributed by atoms with Crippen LogP contribution >= 0.6 is 7.82 Å². The summed E-state index contributed by atoms with van der Waals surface area (Å²) in [6.45, 7) is 4.35. The van der Waals surface area contributed by atoms with E-state index in [0.29, 0.717) is 23.9 Å². The lowest BCUT2D eigenvalue weighted by Crippen LogP contribution is -2.37. The third kappa shape index (κ3) is 62.4. The van der Waals surface area contributed by atoms with Crippen LogP contribution in [0.2, 0.25) is 0 Å². The van der Waals surface area contributed by atoms with Crippen molar-refractivity contribution in [2.45, 2.75) is 290 Å². The third-order valence-electron chi connectivity index (χ3n) is 13.9. The molecule has 1 N–H and O–H groups in total. The van der Waals surface area contributed by atoms with Gasteiger partial charge >= 0.3 is 19.8 Å². The number of carbonyl (C=O) groups is 2. The quantitative estimate of drug-likeness (QED) is 0.0211. The molecule has 2 unspecified atom stereocenters. The number of phosphoric ester groups is 1. The fourth-order valence-electron chi connectivity index (χ4n) is 9.00. The highest BCUT2D eigenvalue weighted by atomic mass is 31.2. The molecule has 2 atom stereocenters. The van der Waals surface area contributed by atoms with Crippen LogP contribution in [0.4, 0.5) is 0 Å². The predicted octanol–water partition coefficient (Wildman–Crippen LogP) is 20.6. The average Bonchev–Trinajstić information content (AvgIpc) is 3.41. The molecule has 9 nitrogen and oxygen atoms in total. The molecule has 0 spiro atoms. The van der Waals surface area contributed by atoms with Gasteiger partial charge in [0.2, 0.25) is 0 Å². The summed E-state index contributed by atoms with van der Waals surface area (Å²) in [6, 6.07) is 0. The van der Waals surface area contributed by atoms with E-state index in [-0.39, 0.29) is 25.6 Å². The van der Waals surface area contributed by atoms with Gasteiger partial charge in [0.05, 0.1) is 27.7 Å². The van der Waals surface area contributed by atoms with Crippen molar-refractivity contribution in [1.29, 1.82) is 0 Å². The number of rotatable bonds is 59. The van der Waals surface area contributed by atoms with Gasteiger partial charge in [0, 0.05) is 12.8 Å². The average molecular weight is 1110 g/mol. The van der Waals surface area contributed by atoms with Crippen LogP contribution < -0.4 is 0 Å². The molecular weight excluding hydrogens is 990 g/mol. The normalized spacial score (nSPS) is 13.8. The van der Waals surface area contributed by atoms with Gasteiger partial charge in [-0.25, -0.2) is 4.57 Å². The summed E-state index contributed by atoms with van der Waals surface area (Å²) in [5, 5.41) is 0. The molecule has 0 fully saturated rings. The maximum absolute atomic E-state index is 12.8. The molecule has 0 aromatic rings. The summed E-state index contributed by atoms with van der Waals surface area (Å²) in [7, 11) is 1.48. The van der Waals surface area contributed by atoms with Gasteiger partial charge in [-0.15, -0.1) is 0 Å². The second-order valence-electron chi connectivity index (χ2n) is 22.8. The number of hydrogen-bond acceptors (Lipinski definition) is 7. The Morgan fingerprint density at radius 3 is 1.09 bits per heavy atom. The molecule has 78 heavy (non-hydrogen) atoms. The van der Waals surface area contributed by atoms with Crippen molar-refractivity contribution in [2.24, 2.45) is 0 Å². The number of unbranched alkanes of at least 4 members (excludes halogenated alkanes) is 31. The van der Waals surface area contributed by atoms with Crippen molar-refractivity contribution in [1.82, 2.24) is 0 Å². The summed E-state index contributed by atoms with van der Waals surface area (Å²) in [6.07, 6.45) is 79.5. The van der Waals surface area contributed by atoms with Crippen molar-refractivity contribution in [2.75, 3.05) is 47.5 Å². The van der Waals surface area contributed by atoms with E-state index in [1.807, 2.05) is 21.1 Å². The second-order valence-corrected chi connectivity index (χ2v) is 24.2. The summed E-state index contributed by atoms with van der Waals surface area (Å²) >= 11 is 0. The van der Waals surface area contributed by atoms with Gasteiger partial charge in [-0.1, -0.05) is 285 Å². The maximum atomic E-state index is 12.8. The van der Waals surface area contributed by atoms with Crippen molar-refractivity contribution in [3.8, 4) is 0 Å². The SMILES string of the molecule is CC/C=C\C/C=C\C/C=C\C/C=C\C/C=C\C/C=C\C/C=C\CCCCCCCCCCCCCCCCCC(=O)OC(COC(=O)CCCCCCCCCCCCCCCCCCC)COP(=O)(O)OCC[N+](C)(C)C. The lowest BCUT2D eigenvalue weighted by Gasteiger charge is -2.24. The van der Waals surface area contributed by atoms with Gasteiger partial charge in [-0.2, -0.15) is 0 Å². The fraction of sp³-hybridized carbons (Fsp3) is 0.765. The predicted molar refractivity (Wildman–Crippen MR) is 335 cm³/mol. The van der Waals surface area contributed by atoms with Crippen molar-refractivity contribution >= 4 is 19.8 Å². The van der Waals surface area contributed by atoms with E-state index in [1.165, 1.54) is 173 Å². The number of ether oxygens (including phenoxy) is 2. The van der Waals surface area contributed by atoms with Gasteiger partial charge in [-0.05, 0) is 70.6 Å². The molecule has 0 heterocycles. The number of esters is 2. The van der Waals surface area contributed by atoms with Crippen LogP contribution in [0, 0.1) is 0 Å². The van der Waals surface area contributed by atoms with Crippen LogP contribution in [0.1, 0.15) is 284 Å². The monoisotopic (exact) mass is 1110 g/mol. The molecular formula is C68H123NO8P+. The Hall–Kier alpha value is -2.81. The molecule has 0 aromatic carbocycles. The van der Waals surface area contributed by atoms with Gasteiger partial charge in [0.15, 0.2) is 6.10 Å². The Morgan fingerprint density at radius 1 is 0.410 bits per heavy atom. The third-order valence-corrected chi connectivity index (χ3v) is 14.9. The zero-order valence-corrected chi connectivity index (χ0v) is 52.3. The van der Waals surface area contributed by atoms with E-state index in [2.05, 4.69) is 98.9 Å². The number of carbonyl (C=O) groups excluding carboxylic acids is 2. The van der Waals surface area contributed by atoms with Crippen LogP contribution in [-0.4, -0.2) is 74.9 Å². The first-order chi connectivity index (χ1) is 38.0. The molecule has 0 bridgehead atoms. The Morgan fingerprint density at radius 2 is 0.731 bits per heavy atom. The Labute approximate surface area is 481 Å². The molecule has 0 saturated heterocycles. The highest BCUT2D eigenvalue weighted by molar-refractivity contribution is 7.47. The minimum atomic E-state index is -4.39. The fourth-order valence-corrected chi connectivity index (χ4v) is 9.74. The molecule has 0 rings (SSSR count). The number of phosphoric acid groups is 1. The highest BCUT2D eigenvalue weighted by Crippen LogP contribution is 2.43. The van der Waals surface area contributed by atoms with Gasteiger partial charge in [-0.3, -0.25) is 18.6 Å². The van der Waals surface area contributed by atoms with E-state index in [0.717, 1.165) is 77.0 Å². The molecule has 0 radical (unpaired) electrons. The standard InChI is InChI=1S/C68H122NO8P/c1-6-8-10-12-14-16-18-20-22-24-25-26-27-28-29-30-31-32-33-34-35-36-37-38-39-40-41-42-43-45-47-49-51-53-55-57-59-61-68(71)77-66(65-76-78(72,73)75-63-62-69(3,4)5)64-74-67(70)60-58-56-54-52-50-48-46-44-23-21-19-17-15-13-11-9-7-2/h8,10,14,16,20,22,25-26,28-29,31-32,34-35,66H,6-7,9,11-13,15,17-19,21,23-24,27,30,33,36-65H2,1-5H3/p+1/b10-8-,16-14-,22-20-,26-25-,29-28-,32-31-,35-34-. The maximum Gasteiger partial charge on any atom is 0.472 e. The van der Waals surface area contributed by atoms with Crippen LogP contribution in [0.5, 0.6) is 0 Å². The summed E-state index contributed by atoms with van der Waals surface area (Å²) in [4.78, 5) is 35.7. The van der Waals surface area contributed by atoms with Gasteiger partial charge in [0.1, 0.15) is 19.8 Å². The second kappa shape index (κ2) is 58.8. The van der Waals surface area contributed by atoms with Crippen LogP contribution in [-0.2, 0) is 32.7 Å². The smallest absolute Gasteiger partial charge is 0.462 e. The number of likely N-dealkylation sites (N-methyl/N-ethyl adjacent to an activating group) is 1. The van der Waals surface area contributed by atoms with Crippen LogP contribution in [0.25, 0.3) is 0 Å². The summed E-state index contributed by atoms with van der Waals surface area (Å²) in [5.74, 6) is -0.787. The van der Waals surface area contributed by atoms with Gasteiger partial charge < -0.3 is 18.9 Å². The summed E-state index contributed by atoms with van der Waals surface area (Å²) < 4.78 is 34.6. The zero-order chi connectivity index (χ0) is 57.0. The lowest BCUT2D eigenvalue weighted by atomic mass is 10.0. The molecule has 0 aromatic heterocycles. The topological polar surface area (TPSA) is 108 Å². The number of quaternary nitrogens is 1.